The minimum Gasteiger partial charge on any atom is -0.493 e. The predicted octanol–water partition coefficient (Wildman–Crippen LogP) is 1.86. The number of benzene rings is 1. The third-order valence-corrected chi connectivity index (χ3v) is 3.24. The predicted molar refractivity (Wildman–Crippen MR) is 83.5 cm³/mol. The van der Waals surface area contributed by atoms with Gasteiger partial charge in [-0.1, -0.05) is 26.0 Å². The van der Waals surface area contributed by atoms with E-state index in [2.05, 4.69) is 5.32 Å². The van der Waals surface area contributed by atoms with Crippen LogP contribution in [0.1, 0.15) is 31.1 Å². The van der Waals surface area contributed by atoms with Crippen LogP contribution in [0.2, 0.25) is 0 Å². The minimum atomic E-state index is -0.674. The van der Waals surface area contributed by atoms with Gasteiger partial charge in [0, 0.05) is 7.05 Å². The van der Waals surface area contributed by atoms with Crippen LogP contribution in [0.15, 0.2) is 24.3 Å². The topological polar surface area (TPSA) is 67.9 Å². The van der Waals surface area contributed by atoms with Crippen LogP contribution in [0.4, 0.5) is 0 Å². The Morgan fingerprint density at radius 2 is 1.91 bits per heavy atom. The van der Waals surface area contributed by atoms with Gasteiger partial charge < -0.3 is 10.1 Å². The van der Waals surface area contributed by atoms with Crippen molar-refractivity contribution in [2.75, 3.05) is 20.8 Å². The Labute approximate surface area is 131 Å². The van der Waals surface area contributed by atoms with Crippen LogP contribution in [0, 0.1) is 5.92 Å². The van der Waals surface area contributed by atoms with Crippen molar-refractivity contribution >= 4 is 11.8 Å². The van der Waals surface area contributed by atoms with Gasteiger partial charge in [-0.15, -0.1) is 0 Å². The Morgan fingerprint density at radius 3 is 2.45 bits per heavy atom. The van der Waals surface area contributed by atoms with Crippen molar-refractivity contribution < 1.29 is 19.2 Å². The van der Waals surface area contributed by atoms with Crippen molar-refractivity contribution in [2.24, 2.45) is 5.92 Å². The third kappa shape index (κ3) is 4.46. The maximum absolute atomic E-state index is 12.5. The number of nitrogens with zero attached hydrogens (tertiary/aromatic N) is 1. The average molecular weight is 308 g/mol. The van der Waals surface area contributed by atoms with Crippen LogP contribution < -0.4 is 10.1 Å². The first-order valence-corrected chi connectivity index (χ1v) is 7.26. The normalized spacial score (nSPS) is 11.9. The van der Waals surface area contributed by atoms with Crippen molar-refractivity contribution in [3.8, 4) is 5.75 Å². The molecule has 0 aliphatic carbocycles. The number of para-hydroxylation sites is 1. The second kappa shape index (κ2) is 8.38. The first-order chi connectivity index (χ1) is 10.4. The molecule has 6 heteroatoms. The smallest absolute Gasteiger partial charge is 0.268 e. The summed E-state index contributed by atoms with van der Waals surface area (Å²) < 4.78 is 5.45. The quantitative estimate of drug-likeness (QED) is 0.781. The average Bonchev–Trinajstić information content (AvgIpc) is 2.51. The molecule has 1 aromatic rings. The van der Waals surface area contributed by atoms with Gasteiger partial charge in [-0.25, -0.2) is 5.06 Å². The second-order valence-corrected chi connectivity index (χ2v) is 5.14. The SMILES string of the molecule is CCOc1ccccc1C(=O)N[C@@H](C(=O)N(C)OC)C(C)C. The number of hydrogen-bond donors (Lipinski definition) is 1. The van der Waals surface area contributed by atoms with Gasteiger partial charge in [0.05, 0.1) is 19.3 Å². The summed E-state index contributed by atoms with van der Waals surface area (Å²) in [6.45, 7) is 6.04. The van der Waals surface area contributed by atoms with E-state index in [1.54, 1.807) is 24.3 Å². The summed E-state index contributed by atoms with van der Waals surface area (Å²) in [6, 6.07) is 6.28. The molecule has 1 N–H and O–H groups in total. The molecule has 0 aliphatic rings. The number of ether oxygens (including phenoxy) is 1. The standard InChI is InChI=1S/C16H24N2O4/c1-6-22-13-10-8-7-9-12(13)15(19)17-14(11(2)3)16(20)18(4)21-5/h7-11,14H,6H2,1-5H3,(H,17,19)/t14-/m1/s1. The van der Waals surface area contributed by atoms with Crippen LogP contribution >= 0.6 is 0 Å². The molecule has 0 aromatic heterocycles. The molecule has 22 heavy (non-hydrogen) atoms. The van der Waals surface area contributed by atoms with Gasteiger partial charge in [-0.3, -0.25) is 14.4 Å². The highest BCUT2D eigenvalue weighted by Crippen LogP contribution is 2.18. The highest BCUT2D eigenvalue weighted by Gasteiger charge is 2.28. The molecule has 0 saturated heterocycles. The van der Waals surface area contributed by atoms with Crippen molar-refractivity contribution in [3.63, 3.8) is 0 Å². The maximum Gasteiger partial charge on any atom is 0.268 e. The number of amides is 2. The number of likely N-dealkylation sites (N-methyl/N-ethyl adjacent to an activating group) is 1. The molecule has 1 atom stereocenters. The van der Waals surface area contributed by atoms with E-state index in [0.29, 0.717) is 17.9 Å². The summed E-state index contributed by atoms with van der Waals surface area (Å²) in [5.41, 5.74) is 0.405. The summed E-state index contributed by atoms with van der Waals surface area (Å²) >= 11 is 0. The lowest BCUT2D eigenvalue weighted by atomic mass is 10.0. The van der Waals surface area contributed by atoms with Gasteiger partial charge >= 0.3 is 0 Å². The zero-order valence-corrected chi connectivity index (χ0v) is 13.8. The Kier molecular flexibility index (Phi) is 6.85. The summed E-state index contributed by atoms with van der Waals surface area (Å²) in [4.78, 5) is 29.6. The van der Waals surface area contributed by atoms with Crippen molar-refractivity contribution in [3.05, 3.63) is 29.8 Å². The summed E-state index contributed by atoms with van der Waals surface area (Å²) in [5, 5.41) is 3.87. The van der Waals surface area contributed by atoms with Gasteiger partial charge in [-0.2, -0.15) is 0 Å². The molecule has 0 bridgehead atoms. The van der Waals surface area contributed by atoms with Crippen molar-refractivity contribution in [1.29, 1.82) is 0 Å². The molecule has 0 heterocycles. The molecular weight excluding hydrogens is 284 g/mol. The van der Waals surface area contributed by atoms with Crippen LogP contribution in [0.25, 0.3) is 0 Å². The number of nitrogens with one attached hydrogen (secondary N) is 1. The summed E-state index contributed by atoms with van der Waals surface area (Å²) in [7, 11) is 2.92. The fraction of sp³-hybridized carbons (Fsp3) is 0.500. The molecular formula is C16H24N2O4. The number of carbonyl (C=O) groups excluding carboxylic acids is 2. The lowest BCUT2D eigenvalue weighted by Crippen LogP contribution is -2.50. The highest BCUT2D eigenvalue weighted by atomic mass is 16.7. The number of rotatable bonds is 7. The molecule has 0 saturated carbocycles. The van der Waals surface area contributed by atoms with Gasteiger partial charge in [0.25, 0.3) is 11.8 Å². The van der Waals surface area contributed by atoms with E-state index in [9.17, 15) is 9.59 Å². The molecule has 0 unspecified atom stereocenters. The number of hydrogen-bond acceptors (Lipinski definition) is 4. The van der Waals surface area contributed by atoms with Crippen molar-refractivity contribution in [2.45, 2.75) is 26.8 Å². The van der Waals surface area contributed by atoms with E-state index in [0.717, 1.165) is 5.06 Å². The molecule has 0 spiro atoms. The van der Waals surface area contributed by atoms with E-state index in [4.69, 9.17) is 9.57 Å². The van der Waals surface area contributed by atoms with Crippen molar-refractivity contribution in [1.82, 2.24) is 10.4 Å². The Balaban J connectivity index is 2.95. The molecule has 1 aromatic carbocycles. The van der Waals surface area contributed by atoms with Crippen LogP contribution in [0.5, 0.6) is 5.75 Å². The first kappa shape index (κ1) is 18.0. The summed E-state index contributed by atoms with van der Waals surface area (Å²) in [5.74, 6) is -0.230. The van der Waals surface area contributed by atoms with E-state index in [1.165, 1.54) is 14.2 Å². The second-order valence-electron chi connectivity index (χ2n) is 5.14. The maximum atomic E-state index is 12.5. The largest absolute Gasteiger partial charge is 0.493 e. The zero-order valence-electron chi connectivity index (χ0n) is 13.8. The lowest BCUT2D eigenvalue weighted by molar-refractivity contribution is -0.171. The fourth-order valence-corrected chi connectivity index (χ4v) is 1.95. The lowest BCUT2D eigenvalue weighted by Gasteiger charge is -2.25. The van der Waals surface area contributed by atoms with E-state index in [-0.39, 0.29) is 17.7 Å². The summed E-state index contributed by atoms with van der Waals surface area (Å²) in [6.07, 6.45) is 0. The molecule has 0 radical (unpaired) electrons. The fourth-order valence-electron chi connectivity index (χ4n) is 1.95. The monoisotopic (exact) mass is 308 g/mol. The third-order valence-electron chi connectivity index (χ3n) is 3.24. The Morgan fingerprint density at radius 1 is 1.27 bits per heavy atom. The first-order valence-electron chi connectivity index (χ1n) is 7.26. The Bertz CT molecular complexity index is 517. The van der Waals surface area contributed by atoms with Crippen LogP contribution in [0.3, 0.4) is 0 Å². The van der Waals surface area contributed by atoms with E-state index in [1.807, 2.05) is 20.8 Å². The Hall–Kier alpha value is -2.08. The zero-order chi connectivity index (χ0) is 16.7. The molecule has 2 amide bonds. The molecule has 6 nitrogen and oxygen atoms in total. The van der Waals surface area contributed by atoms with Gasteiger partial charge in [0.2, 0.25) is 0 Å². The van der Waals surface area contributed by atoms with Crippen LogP contribution in [-0.4, -0.2) is 43.7 Å². The van der Waals surface area contributed by atoms with E-state index < -0.39 is 6.04 Å². The van der Waals surface area contributed by atoms with E-state index >= 15 is 0 Å². The number of hydroxylamine groups is 2. The molecule has 0 fully saturated rings. The molecule has 0 aliphatic heterocycles. The van der Waals surface area contributed by atoms with Gasteiger partial charge in [0.15, 0.2) is 0 Å². The van der Waals surface area contributed by atoms with Gasteiger partial charge in [0.1, 0.15) is 11.8 Å². The number of carbonyl (C=O) groups is 2. The highest BCUT2D eigenvalue weighted by molar-refractivity contribution is 5.99. The molecule has 1 rings (SSSR count). The minimum absolute atomic E-state index is 0.0756. The van der Waals surface area contributed by atoms with Crippen LogP contribution in [-0.2, 0) is 9.63 Å². The molecule has 122 valence electrons. The van der Waals surface area contributed by atoms with Gasteiger partial charge in [-0.05, 0) is 25.0 Å².